The van der Waals surface area contributed by atoms with Crippen LogP contribution in [0, 0.1) is 5.82 Å². The van der Waals surface area contributed by atoms with Crippen LogP contribution in [0.5, 0.6) is 0 Å². The van der Waals surface area contributed by atoms with Gasteiger partial charge in [-0.05, 0) is 52.3 Å². The SMILES string of the molecule is CC(=O)Nc1ccc(NC(=O)c2cccc(Br)c2F)cc1. The van der Waals surface area contributed by atoms with Crippen molar-refractivity contribution in [3.05, 3.63) is 58.3 Å². The summed E-state index contributed by atoms with van der Waals surface area (Å²) in [6.07, 6.45) is 0. The quantitative estimate of drug-likeness (QED) is 0.884. The molecule has 108 valence electrons. The summed E-state index contributed by atoms with van der Waals surface area (Å²) in [5.41, 5.74) is 1.08. The van der Waals surface area contributed by atoms with Gasteiger partial charge in [0, 0.05) is 18.3 Å². The van der Waals surface area contributed by atoms with E-state index in [9.17, 15) is 14.0 Å². The third-order valence-electron chi connectivity index (χ3n) is 2.66. The number of carbonyl (C=O) groups excluding carboxylic acids is 2. The van der Waals surface area contributed by atoms with Crippen molar-refractivity contribution in [1.82, 2.24) is 0 Å². The predicted molar refractivity (Wildman–Crippen MR) is 82.8 cm³/mol. The monoisotopic (exact) mass is 350 g/mol. The molecule has 0 aromatic heterocycles. The number of amides is 2. The van der Waals surface area contributed by atoms with Crippen molar-refractivity contribution < 1.29 is 14.0 Å². The van der Waals surface area contributed by atoms with E-state index in [1.165, 1.54) is 19.1 Å². The molecule has 4 nitrogen and oxygen atoms in total. The third-order valence-corrected chi connectivity index (χ3v) is 3.27. The van der Waals surface area contributed by atoms with Crippen molar-refractivity contribution in [3.8, 4) is 0 Å². The third kappa shape index (κ3) is 3.88. The Morgan fingerprint density at radius 3 is 2.14 bits per heavy atom. The Hall–Kier alpha value is -2.21. The summed E-state index contributed by atoms with van der Waals surface area (Å²) in [5.74, 6) is -1.33. The van der Waals surface area contributed by atoms with Crippen molar-refractivity contribution in [2.45, 2.75) is 6.92 Å². The summed E-state index contributed by atoms with van der Waals surface area (Å²) in [6, 6.07) is 11.1. The Balaban J connectivity index is 2.12. The Bertz CT molecular complexity index is 687. The molecular weight excluding hydrogens is 339 g/mol. The van der Waals surface area contributed by atoms with Crippen molar-refractivity contribution in [1.29, 1.82) is 0 Å². The fraction of sp³-hybridized carbons (Fsp3) is 0.0667. The van der Waals surface area contributed by atoms with Gasteiger partial charge in [0.1, 0.15) is 5.82 Å². The summed E-state index contributed by atoms with van der Waals surface area (Å²) < 4.78 is 14.0. The molecule has 2 aromatic carbocycles. The van der Waals surface area contributed by atoms with Gasteiger partial charge in [-0.2, -0.15) is 0 Å². The smallest absolute Gasteiger partial charge is 0.258 e. The van der Waals surface area contributed by atoms with Crippen molar-refractivity contribution in [2.24, 2.45) is 0 Å². The van der Waals surface area contributed by atoms with Crippen LogP contribution in [0.3, 0.4) is 0 Å². The molecule has 0 saturated carbocycles. The maximum Gasteiger partial charge on any atom is 0.258 e. The Morgan fingerprint density at radius 1 is 1.00 bits per heavy atom. The number of benzene rings is 2. The number of hydrogen-bond acceptors (Lipinski definition) is 2. The minimum absolute atomic E-state index is 0.0460. The van der Waals surface area contributed by atoms with Gasteiger partial charge >= 0.3 is 0 Å². The topological polar surface area (TPSA) is 58.2 Å². The van der Waals surface area contributed by atoms with Gasteiger partial charge in [0.25, 0.3) is 5.91 Å². The molecule has 2 N–H and O–H groups in total. The molecule has 0 unspecified atom stereocenters. The Morgan fingerprint density at radius 2 is 1.57 bits per heavy atom. The lowest BCUT2D eigenvalue weighted by Gasteiger charge is -2.08. The van der Waals surface area contributed by atoms with Crippen LogP contribution >= 0.6 is 15.9 Å². The first kappa shape index (κ1) is 15.2. The van der Waals surface area contributed by atoms with E-state index in [1.54, 1.807) is 30.3 Å². The maximum absolute atomic E-state index is 13.8. The van der Waals surface area contributed by atoms with Crippen LogP contribution in [0.25, 0.3) is 0 Å². The number of halogens is 2. The van der Waals surface area contributed by atoms with Crippen molar-refractivity contribution in [2.75, 3.05) is 10.6 Å². The second-order valence-electron chi connectivity index (χ2n) is 4.31. The van der Waals surface area contributed by atoms with E-state index in [-0.39, 0.29) is 15.9 Å². The Kier molecular flexibility index (Phi) is 4.70. The lowest BCUT2D eigenvalue weighted by Crippen LogP contribution is -2.14. The van der Waals surface area contributed by atoms with Crippen molar-refractivity contribution in [3.63, 3.8) is 0 Å². The van der Waals surface area contributed by atoms with Gasteiger partial charge in [-0.15, -0.1) is 0 Å². The molecule has 2 rings (SSSR count). The normalized spacial score (nSPS) is 10.0. The standard InChI is InChI=1S/C15H12BrFN2O2/c1-9(20)18-10-5-7-11(8-6-10)19-15(21)12-3-2-4-13(16)14(12)17/h2-8H,1H3,(H,18,20)(H,19,21). The van der Waals surface area contributed by atoms with Gasteiger partial charge < -0.3 is 10.6 Å². The number of carbonyl (C=O) groups is 2. The highest BCUT2D eigenvalue weighted by atomic mass is 79.9. The van der Waals surface area contributed by atoms with E-state index in [2.05, 4.69) is 26.6 Å². The van der Waals surface area contributed by atoms with Crippen LogP contribution in [0.4, 0.5) is 15.8 Å². The van der Waals surface area contributed by atoms with Gasteiger partial charge in [0.2, 0.25) is 5.91 Å². The molecule has 0 aliphatic rings. The van der Waals surface area contributed by atoms with E-state index >= 15 is 0 Å². The van der Waals surface area contributed by atoms with Crippen LogP contribution in [0.15, 0.2) is 46.9 Å². The molecular formula is C15H12BrFN2O2. The van der Waals surface area contributed by atoms with E-state index in [1.807, 2.05) is 0 Å². The van der Waals surface area contributed by atoms with E-state index < -0.39 is 11.7 Å². The first-order valence-corrected chi connectivity index (χ1v) is 6.89. The molecule has 0 saturated heterocycles. The fourth-order valence-corrected chi connectivity index (χ4v) is 2.08. The average molecular weight is 351 g/mol. The number of nitrogens with one attached hydrogen (secondary N) is 2. The highest BCUT2D eigenvalue weighted by Crippen LogP contribution is 2.20. The van der Waals surface area contributed by atoms with Gasteiger partial charge in [-0.25, -0.2) is 4.39 Å². The summed E-state index contributed by atoms with van der Waals surface area (Å²) in [5, 5.41) is 5.21. The van der Waals surface area contributed by atoms with Crippen LogP contribution in [0.1, 0.15) is 17.3 Å². The summed E-state index contributed by atoms with van der Waals surface area (Å²) in [4.78, 5) is 22.9. The molecule has 0 fully saturated rings. The van der Waals surface area contributed by atoms with Crippen LogP contribution < -0.4 is 10.6 Å². The molecule has 0 heterocycles. The highest BCUT2D eigenvalue weighted by molar-refractivity contribution is 9.10. The summed E-state index contributed by atoms with van der Waals surface area (Å²) >= 11 is 3.04. The second kappa shape index (κ2) is 6.49. The maximum atomic E-state index is 13.8. The molecule has 6 heteroatoms. The Labute approximate surface area is 129 Å². The first-order chi connectivity index (χ1) is 9.97. The van der Waals surface area contributed by atoms with E-state index in [4.69, 9.17) is 0 Å². The number of hydrogen-bond donors (Lipinski definition) is 2. The largest absolute Gasteiger partial charge is 0.326 e. The summed E-state index contributed by atoms with van der Waals surface area (Å²) in [6.45, 7) is 1.41. The molecule has 0 radical (unpaired) electrons. The fourth-order valence-electron chi connectivity index (χ4n) is 1.72. The van der Waals surface area contributed by atoms with Crippen molar-refractivity contribution >= 4 is 39.1 Å². The molecule has 0 spiro atoms. The van der Waals surface area contributed by atoms with E-state index in [0.29, 0.717) is 11.4 Å². The lowest BCUT2D eigenvalue weighted by atomic mass is 10.2. The van der Waals surface area contributed by atoms with Gasteiger partial charge in [0.05, 0.1) is 10.0 Å². The van der Waals surface area contributed by atoms with Crippen LogP contribution in [-0.4, -0.2) is 11.8 Å². The number of rotatable bonds is 3. The molecule has 2 amide bonds. The molecule has 0 aliphatic heterocycles. The second-order valence-corrected chi connectivity index (χ2v) is 5.17. The van der Waals surface area contributed by atoms with Gasteiger partial charge in [0.15, 0.2) is 0 Å². The average Bonchev–Trinajstić information content (AvgIpc) is 2.43. The molecule has 2 aromatic rings. The van der Waals surface area contributed by atoms with Gasteiger partial charge in [-0.3, -0.25) is 9.59 Å². The zero-order valence-corrected chi connectivity index (χ0v) is 12.7. The zero-order valence-electron chi connectivity index (χ0n) is 11.1. The molecule has 0 aliphatic carbocycles. The highest BCUT2D eigenvalue weighted by Gasteiger charge is 2.13. The molecule has 0 bridgehead atoms. The van der Waals surface area contributed by atoms with Crippen LogP contribution in [0.2, 0.25) is 0 Å². The minimum atomic E-state index is -0.607. The number of anilines is 2. The van der Waals surface area contributed by atoms with Crippen LogP contribution in [-0.2, 0) is 4.79 Å². The first-order valence-electron chi connectivity index (χ1n) is 6.10. The molecule has 21 heavy (non-hydrogen) atoms. The lowest BCUT2D eigenvalue weighted by molar-refractivity contribution is -0.114. The zero-order chi connectivity index (χ0) is 15.4. The van der Waals surface area contributed by atoms with Gasteiger partial charge in [-0.1, -0.05) is 6.07 Å². The molecule has 0 atom stereocenters. The minimum Gasteiger partial charge on any atom is -0.326 e. The van der Waals surface area contributed by atoms with E-state index in [0.717, 1.165) is 0 Å². The summed E-state index contributed by atoms with van der Waals surface area (Å²) in [7, 11) is 0. The predicted octanol–water partition coefficient (Wildman–Crippen LogP) is 3.80.